The first-order chi connectivity index (χ1) is 11.9. The van der Waals surface area contributed by atoms with E-state index < -0.39 is 11.6 Å². The summed E-state index contributed by atoms with van der Waals surface area (Å²) in [4.78, 5) is 42.4. The van der Waals surface area contributed by atoms with E-state index in [1.165, 1.54) is 0 Å². The monoisotopic (exact) mass is 364 g/mol. The van der Waals surface area contributed by atoms with Crippen molar-refractivity contribution in [1.82, 2.24) is 20.5 Å². The Hall–Kier alpha value is -1.96. The first-order valence-electron chi connectivity index (χ1n) is 8.71. The predicted molar refractivity (Wildman–Crippen MR) is 94.2 cm³/mol. The maximum atomic E-state index is 12.7. The Bertz CT molecular complexity index is 679. The Morgan fingerprint density at radius 3 is 2.80 bits per heavy atom. The molecule has 2 fully saturated rings. The molecule has 2 heterocycles. The maximum absolute atomic E-state index is 12.7. The van der Waals surface area contributed by atoms with E-state index in [0.29, 0.717) is 31.7 Å². The van der Waals surface area contributed by atoms with Gasteiger partial charge < -0.3 is 10.6 Å². The number of rotatable bonds is 5. The molecule has 2 aliphatic rings. The Morgan fingerprint density at radius 1 is 1.44 bits per heavy atom. The number of nitrogens with one attached hydrogen (secondary N) is 2. The molecule has 1 saturated heterocycles. The van der Waals surface area contributed by atoms with Gasteiger partial charge in [-0.05, 0) is 38.5 Å². The fraction of sp³-hybridized carbons (Fsp3) is 0.647. The van der Waals surface area contributed by atoms with Crippen molar-refractivity contribution in [1.29, 1.82) is 0 Å². The first-order valence-corrected chi connectivity index (χ1v) is 9.59. The van der Waals surface area contributed by atoms with Crippen LogP contribution >= 0.6 is 11.3 Å². The van der Waals surface area contributed by atoms with Gasteiger partial charge in [-0.1, -0.05) is 6.92 Å². The zero-order chi connectivity index (χ0) is 18.0. The number of carbonyl (C=O) groups excluding carboxylic acids is 3. The summed E-state index contributed by atoms with van der Waals surface area (Å²) in [7, 11) is 0. The van der Waals surface area contributed by atoms with Crippen molar-refractivity contribution in [3.63, 3.8) is 0 Å². The summed E-state index contributed by atoms with van der Waals surface area (Å²) in [6.45, 7) is 4.31. The third-order valence-corrected chi connectivity index (χ3v) is 5.87. The van der Waals surface area contributed by atoms with E-state index in [4.69, 9.17) is 0 Å². The van der Waals surface area contributed by atoms with Crippen LogP contribution in [0, 0.1) is 12.8 Å². The van der Waals surface area contributed by atoms with Gasteiger partial charge in [0.1, 0.15) is 12.1 Å². The molecule has 1 aliphatic carbocycles. The molecule has 0 bridgehead atoms. The molecule has 1 aromatic heterocycles. The number of urea groups is 1. The lowest BCUT2D eigenvalue weighted by molar-refractivity contribution is -0.136. The van der Waals surface area contributed by atoms with Gasteiger partial charge in [-0.3, -0.25) is 14.5 Å². The highest BCUT2D eigenvalue weighted by Crippen LogP contribution is 2.36. The van der Waals surface area contributed by atoms with Gasteiger partial charge in [-0.2, -0.15) is 0 Å². The van der Waals surface area contributed by atoms with Crippen molar-refractivity contribution in [3.05, 3.63) is 16.1 Å². The average molecular weight is 364 g/mol. The van der Waals surface area contributed by atoms with Crippen LogP contribution in [0.25, 0.3) is 0 Å². The van der Waals surface area contributed by atoms with Crippen LogP contribution in [-0.2, 0) is 16.0 Å². The normalized spacial score (nSPS) is 26.2. The van der Waals surface area contributed by atoms with Crippen LogP contribution < -0.4 is 10.6 Å². The second kappa shape index (κ2) is 7.11. The molecule has 8 heteroatoms. The highest BCUT2D eigenvalue weighted by molar-refractivity contribution is 7.09. The molecule has 25 heavy (non-hydrogen) atoms. The number of thiazole rings is 1. The van der Waals surface area contributed by atoms with Crippen LogP contribution in [0.15, 0.2) is 5.38 Å². The van der Waals surface area contributed by atoms with Crippen LogP contribution in [0.2, 0.25) is 0 Å². The molecule has 1 saturated carbocycles. The van der Waals surface area contributed by atoms with Gasteiger partial charge in [0.05, 0.1) is 10.7 Å². The van der Waals surface area contributed by atoms with Crippen LogP contribution in [-0.4, -0.2) is 46.4 Å². The molecule has 4 amide bonds. The van der Waals surface area contributed by atoms with E-state index in [-0.39, 0.29) is 18.4 Å². The fourth-order valence-corrected chi connectivity index (χ4v) is 4.11. The Labute approximate surface area is 151 Å². The molecule has 0 atom stereocenters. The molecule has 0 unspecified atom stereocenters. The number of imide groups is 1. The summed E-state index contributed by atoms with van der Waals surface area (Å²) in [6.07, 6.45) is 3.77. The Morgan fingerprint density at radius 2 is 2.16 bits per heavy atom. The zero-order valence-corrected chi connectivity index (χ0v) is 15.4. The molecule has 2 N–H and O–H groups in total. The van der Waals surface area contributed by atoms with E-state index in [9.17, 15) is 14.4 Å². The van der Waals surface area contributed by atoms with Crippen LogP contribution in [0.1, 0.15) is 43.3 Å². The predicted octanol–water partition coefficient (Wildman–Crippen LogP) is 1.61. The number of nitrogens with zero attached hydrogens (tertiary/aromatic N) is 2. The standard InChI is InChI=1S/C17H24N4O3S/c1-11-3-6-17(7-4-11)15(23)21(16(24)20-17)9-14(22)18-8-5-13-10-25-12(2)19-13/h10-11H,3-9H2,1-2H3,(H,18,22)(H,20,24). The van der Waals surface area contributed by atoms with Crippen molar-refractivity contribution in [2.45, 2.75) is 51.5 Å². The molecular formula is C17H24N4O3S. The van der Waals surface area contributed by atoms with Gasteiger partial charge in [0, 0.05) is 18.3 Å². The maximum Gasteiger partial charge on any atom is 0.325 e. The summed E-state index contributed by atoms with van der Waals surface area (Å²) in [5.41, 5.74) is 0.148. The number of hydrogen-bond donors (Lipinski definition) is 2. The molecule has 1 aromatic rings. The lowest BCUT2D eigenvalue weighted by Crippen LogP contribution is -2.50. The van der Waals surface area contributed by atoms with E-state index in [1.54, 1.807) is 11.3 Å². The van der Waals surface area contributed by atoms with E-state index in [2.05, 4.69) is 22.5 Å². The molecule has 7 nitrogen and oxygen atoms in total. The minimum Gasteiger partial charge on any atom is -0.354 e. The van der Waals surface area contributed by atoms with Crippen LogP contribution in [0.5, 0.6) is 0 Å². The van der Waals surface area contributed by atoms with Gasteiger partial charge in [0.15, 0.2) is 0 Å². The topological polar surface area (TPSA) is 91.4 Å². The van der Waals surface area contributed by atoms with Gasteiger partial charge in [0.2, 0.25) is 5.91 Å². The number of amides is 4. The first kappa shape index (κ1) is 17.8. The summed E-state index contributed by atoms with van der Waals surface area (Å²) in [6, 6.07) is -0.454. The second-order valence-electron chi connectivity index (χ2n) is 7.04. The highest BCUT2D eigenvalue weighted by Gasteiger charge is 2.52. The molecule has 1 aliphatic heterocycles. The highest BCUT2D eigenvalue weighted by atomic mass is 32.1. The summed E-state index contributed by atoms with van der Waals surface area (Å²) >= 11 is 1.57. The van der Waals surface area contributed by atoms with Crippen LogP contribution in [0.3, 0.4) is 0 Å². The number of carbonyl (C=O) groups is 3. The molecule has 0 radical (unpaired) electrons. The summed E-state index contributed by atoms with van der Waals surface area (Å²) in [5.74, 6) is -0.00613. The van der Waals surface area contributed by atoms with Crippen molar-refractivity contribution in [2.75, 3.05) is 13.1 Å². The second-order valence-corrected chi connectivity index (χ2v) is 8.11. The largest absolute Gasteiger partial charge is 0.354 e. The molecule has 136 valence electrons. The van der Waals surface area contributed by atoms with Gasteiger partial charge in [-0.15, -0.1) is 11.3 Å². The molecule has 0 aromatic carbocycles. The number of aromatic nitrogens is 1. The third-order valence-electron chi connectivity index (χ3n) is 5.05. The van der Waals surface area contributed by atoms with Gasteiger partial charge >= 0.3 is 6.03 Å². The molecule has 3 rings (SSSR count). The van der Waals surface area contributed by atoms with Crippen molar-refractivity contribution < 1.29 is 14.4 Å². The molecule has 1 spiro atoms. The van der Waals surface area contributed by atoms with E-state index in [0.717, 1.165) is 28.4 Å². The van der Waals surface area contributed by atoms with Crippen molar-refractivity contribution in [3.8, 4) is 0 Å². The van der Waals surface area contributed by atoms with Crippen LogP contribution in [0.4, 0.5) is 4.79 Å². The SMILES string of the molecule is Cc1nc(CCNC(=O)CN2C(=O)NC3(CCC(C)CC3)C2=O)cs1. The Balaban J connectivity index is 1.51. The quantitative estimate of drug-likeness (QED) is 0.777. The average Bonchev–Trinajstić information content (AvgIpc) is 3.08. The van der Waals surface area contributed by atoms with Gasteiger partial charge in [0.25, 0.3) is 5.91 Å². The smallest absolute Gasteiger partial charge is 0.325 e. The lowest BCUT2D eigenvalue weighted by Gasteiger charge is -2.33. The zero-order valence-electron chi connectivity index (χ0n) is 14.6. The minimum atomic E-state index is -0.790. The third kappa shape index (κ3) is 3.84. The van der Waals surface area contributed by atoms with Crippen molar-refractivity contribution in [2.24, 2.45) is 5.92 Å². The fourth-order valence-electron chi connectivity index (χ4n) is 3.47. The molecular weight excluding hydrogens is 340 g/mol. The lowest BCUT2D eigenvalue weighted by atomic mass is 9.77. The number of aryl methyl sites for hydroxylation is 1. The van der Waals surface area contributed by atoms with Crippen molar-refractivity contribution >= 4 is 29.2 Å². The summed E-state index contributed by atoms with van der Waals surface area (Å²) < 4.78 is 0. The Kier molecular flexibility index (Phi) is 5.08. The summed E-state index contributed by atoms with van der Waals surface area (Å²) in [5, 5.41) is 8.55. The number of hydrogen-bond acceptors (Lipinski definition) is 5. The minimum absolute atomic E-state index is 0.224. The van der Waals surface area contributed by atoms with E-state index in [1.807, 2.05) is 12.3 Å². The van der Waals surface area contributed by atoms with E-state index >= 15 is 0 Å². The van der Waals surface area contributed by atoms with Gasteiger partial charge in [-0.25, -0.2) is 9.78 Å².